The highest BCUT2D eigenvalue weighted by Gasteiger charge is 2.36. The molecule has 2 aliphatic rings. The molecule has 1 spiro atoms. The molecule has 0 unspecified atom stereocenters. The molecular formula is C15H19F3N2. The summed E-state index contributed by atoms with van der Waals surface area (Å²) in [5, 5.41) is 3.57. The fourth-order valence-electron chi connectivity index (χ4n) is 3.46. The summed E-state index contributed by atoms with van der Waals surface area (Å²) in [6.45, 7) is 2.21. The summed E-state index contributed by atoms with van der Waals surface area (Å²) in [6, 6.07) is 2.19. The standard InChI is InChI=1S/C15H19F3N2/c16-12-8-11(9-13(17)14(12)18)20-7-6-19-15(10-20)4-2-1-3-5-15/h8-9,19H,1-7,10H2. The molecule has 1 aromatic carbocycles. The first kappa shape index (κ1) is 13.7. The van der Waals surface area contributed by atoms with Crippen molar-refractivity contribution in [3.05, 3.63) is 29.6 Å². The summed E-state index contributed by atoms with van der Waals surface area (Å²) in [6.07, 6.45) is 5.81. The topological polar surface area (TPSA) is 15.3 Å². The van der Waals surface area contributed by atoms with Gasteiger partial charge in [-0.15, -0.1) is 0 Å². The molecule has 0 atom stereocenters. The summed E-state index contributed by atoms with van der Waals surface area (Å²) in [5.41, 5.74) is 0.491. The zero-order valence-electron chi connectivity index (χ0n) is 11.4. The normalized spacial score (nSPS) is 22.2. The maximum absolute atomic E-state index is 13.4. The van der Waals surface area contributed by atoms with Crippen molar-refractivity contribution in [3.63, 3.8) is 0 Å². The molecule has 110 valence electrons. The molecule has 2 fully saturated rings. The highest BCUT2D eigenvalue weighted by atomic mass is 19.2. The number of nitrogens with zero attached hydrogens (tertiary/aromatic N) is 1. The molecule has 0 amide bonds. The van der Waals surface area contributed by atoms with Gasteiger partial charge in [0, 0.05) is 43.0 Å². The predicted octanol–water partition coefficient (Wildman–Crippen LogP) is 3.22. The Bertz CT molecular complexity index is 469. The second-order valence-electron chi connectivity index (χ2n) is 5.91. The number of benzene rings is 1. The van der Waals surface area contributed by atoms with Gasteiger partial charge in [0.1, 0.15) is 0 Å². The highest BCUT2D eigenvalue weighted by molar-refractivity contribution is 5.48. The van der Waals surface area contributed by atoms with Gasteiger partial charge in [0.05, 0.1) is 0 Å². The predicted molar refractivity (Wildman–Crippen MR) is 72.3 cm³/mol. The second-order valence-corrected chi connectivity index (χ2v) is 5.91. The van der Waals surface area contributed by atoms with Crippen molar-refractivity contribution in [1.82, 2.24) is 5.32 Å². The summed E-state index contributed by atoms with van der Waals surface area (Å²) in [7, 11) is 0. The first-order chi connectivity index (χ1) is 9.60. The first-order valence-electron chi connectivity index (χ1n) is 7.24. The Morgan fingerprint density at radius 3 is 2.30 bits per heavy atom. The monoisotopic (exact) mass is 284 g/mol. The molecule has 1 heterocycles. The number of anilines is 1. The van der Waals surface area contributed by atoms with Crippen molar-refractivity contribution in [3.8, 4) is 0 Å². The molecule has 0 radical (unpaired) electrons. The third-order valence-corrected chi connectivity index (χ3v) is 4.52. The van der Waals surface area contributed by atoms with E-state index in [4.69, 9.17) is 0 Å². The Kier molecular flexibility index (Phi) is 3.63. The molecular weight excluding hydrogens is 265 g/mol. The van der Waals surface area contributed by atoms with Crippen LogP contribution >= 0.6 is 0 Å². The number of rotatable bonds is 1. The molecule has 20 heavy (non-hydrogen) atoms. The lowest BCUT2D eigenvalue weighted by molar-refractivity contribution is 0.216. The van der Waals surface area contributed by atoms with Crippen molar-refractivity contribution in [2.45, 2.75) is 37.6 Å². The SMILES string of the molecule is Fc1cc(N2CCNC3(CCCCC3)C2)cc(F)c1F. The number of piperazine rings is 1. The quantitative estimate of drug-likeness (QED) is 0.797. The molecule has 5 heteroatoms. The summed E-state index contributed by atoms with van der Waals surface area (Å²) in [5.74, 6) is -3.62. The van der Waals surface area contributed by atoms with Crippen molar-refractivity contribution < 1.29 is 13.2 Å². The molecule has 1 saturated heterocycles. The van der Waals surface area contributed by atoms with Gasteiger partial charge in [0.25, 0.3) is 0 Å². The Labute approximate surface area is 117 Å². The van der Waals surface area contributed by atoms with Crippen LogP contribution in [0.3, 0.4) is 0 Å². The van der Waals surface area contributed by atoms with Gasteiger partial charge in [-0.25, -0.2) is 13.2 Å². The molecule has 0 aromatic heterocycles. The Morgan fingerprint density at radius 2 is 1.65 bits per heavy atom. The minimum atomic E-state index is -1.39. The number of hydrogen-bond acceptors (Lipinski definition) is 2. The molecule has 3 rings (SSSR count). The van der Waals surface area contributed by atoms with Gasteiger partial charge in [-0.3, -0.25) is 0 Å². The van der Waals surface area contributed by atoms with Crippen molar-refractivity contribution >= 4 is 5.69 Å². The van der Waals surface area contributed by atoms with E-state index in [9.17, 15) is 13.2 Å². The van der Waals surface area contributed by atoms with Crippen LogP contribution in [0.1, 0.15) is 32.1 Å². The van der Waals surface area contributed by atoms with Crippen LogP contribution in [0.15, 0.2) is 12.1 Å². The van der Waals surface area contributed by atoms with E-state index in [2.05, 4.69) is 5.32 Å². The highest BCUT2D eigenvalue weighted by Crippen LogP contribution is 2.32. The smallest absolute Gasteiger partial charge is 0.194 e. The van der Waals surface area contributed by atoms with E-state index in [-0.39, 0.29) is 5.54 Å². The van der Waals surface area contributed by atoms with Crippen LogP contribution in [0.25, 0.3) is 0 Å². The van der Waals surface area contributed by atoms with E-state index in [1.807, 2.05) is 4.90 Å². The largest absolute Gasteiger partial charge is 0.368 e. The van der Waals surface area contributed by atoms with E-state index in [1.54, 1.807) is 0 Å². The van der Waals surface area contributed by atoms with Gasteiger partial charge in [-0.1, -0.05) is 19.3 Å². The van der Waals surface area contributed by atoms with E-state index >= 15 is 0 Å². The fraction of sp³-hybridized carbons (Fsp3) is 0.600. The van der Waals surface area contributed by atoms with Crippen LogP contribution < -0.4 is 10.2 Å². The Morgan fingerprint density at radius 1 is 1.00 bits per heavy atom. The van der Waals surface area contributed by atoms with Crippen LogP contribution in [0.4, 0.5) is 18.9 Å². The molecule has 2 nitrogen and oxygen atoms in total. The van der Waals surface area contributed by atoms with E-state index in [0.717, 1.165) is 38.1 Å². The lowest BCUT2D eigenvalue weighted by Crippen LogP contribution is -2.61. The summed E-state index contributed by atoms with van der Waals surface area (Å²) >= 11 is 0. The maximum Gasteiger partial charge on any atom is 0.194 e. The third kappa shape index (κ3) is 2.51. The zero-order chi connectivity index (χ0) is 14.2. The lowest BCUT2D eigenvalue weighted by Gasteiger charge is -2.47. The molecule has 1 aliphatic heterocycles. The van der Waals surface area contributed by atoms with Crippen LogP contribution in [0.2, 0.25) is 0 Å². The average molecular weight is 284 g/mol. The van der Waals surface area contributed by atoms with Crippen molar-refractivity contribution in [2.75, 3.05) is 24.5 Å². The third-order valence-electron chi connectivity index (χ3n) is 4.52. The summed E-state index contributed by atoms with van der Waals surface area (Å²) < 4.78 is 39.8. The number of hydrogen-bond donors (Lipinski definition) is 1. The Balaban J connectivity index is 1.83. The van der Waals surface area contributed by atoms with Crippen LogP contribution in [0.5, 0.6) is 0 Å². The van der Waals surface area contributed by atoms with E-state index in [0.29, 0.717) is 12.2 Å². The zero-order valence-corrected chi connectivity index (χ0v) is 11.4. The molecule has 0 bridgehead atoms. The minimum Gasteiger partial charge on any atom is -0.368 e. The number of nitrogens with one attached hydrogen (secondary N) is 1. The maximum atomic E-state index is 13.4. The van der Waals surface area contributed by atoms with Gasteiger partial charge < -0.3 is 10.2 Å². The van der Waals surface area contributed by atoms with Gasteiger partial charge in [0.15, 0.2) is 17.5 Å². The number of halogens is 3. The average Bonchev–Trinajstić information content (AvgIpc) is 2.45. The van der Waals surface area contributed by atoms with Crippen molar-refractivity contribution in [1.29, 1.82) is 0 Å². The van der Waals surface area contributed by atoms with Gasteiger partial charge >= 0.3 is 0 Å². The summed E-state index contributed by atoms with van der Waals surface area (Å²) in [4.78, 5) is 1.97. The Hall–Kier alpha value is -1.23. The van der Waals surface area contributed by atoms with Crippen molar-refractivity contribution in [2.24, 2.45) is 0 Å². The van der Waals surface area contributed by atoms with Crippen LogP contribution in [-0.2, 0) is 0 Å². The fourth-order valence-corrected chi connectivity index (χ4v) is 3.46. The van der Waals surface area contributed by atoms with Gasteiger partial charge in [0.2, 0.25) is 0 Å². The van der Waals surface area contributed by atoms with Crippen LogP contribution in [0, 0.1) is 17.5 Å². The molecule has 1 saturated carbocycles. The second kappa shape index (κ2) is 5.28. The molecule has 1 N–H and O–H groups in total. The minimum absolute atomic E-state index is 0.0534. The molecule has 1 aliphatic carbocycles. The van der Waals surface area contributed by atoms with E-state index in [1.165, 1.54) is 19.3 Å². The molecule has 1 aromatic rings. The van der Waals surface area contributed by atoms with E-state index < -0.39 is 17.5 Å². The first-order valence-corrected chi connectivity index (χ1v) is 7.24. The van der Waals surface area contributed by atoms with Crippen LogP contribution in [-0.4, -0.2) is 25.2 Å². The van der Waals surface area contributed by atoms with Gasteiger partial charge in [-0.05, 0) is 12.8 Å². The lowest BCUT2D eigenvalue weighted by atomic mass is 9.80. The van der Waals surface area contributed by atoms with Gasteiger partial charge in [-0.2, -0.15) is 0 Å².